The van der Waals surface area contributed by atoms with Crippen LogP contribution in [-0.4, -0.2) is 41.6 Å². The van der Waals surface area contributed by atoms with Crippen LogP contribution in [0, 0.1) is 17.8 Å². The standard InChI is InChI=1S/C16H30O5/c1-4-19-15(17)12(3)14-7-5-6-13-9-8-11(2)20-10-16(13,14)21-18/h11-15,17-18H,4-10H2,1-3H3. The van der Waals surface area contributed by atoms with Crippen molar-refractivity contribution in [1.29, 1.82) is 0 Å². The molecule has 6 unspecified atom stereocenters. The van der Waals surface area contributed by atoms with Crippen LogP contribution in [0.25, 0.3) is 0 Å². The molecule has 0 bridgehead atoms. The van der Waals surface area contributed by atoms with Crippen molar-refractivity contribution < 1.29 is 24.7 Å². The molecule has 0 spiro atoms. The Morgan fingerprint density at radius 2 is 2.05 bits per heavy atom. The molecule has 1 heterocycles. The van der Waals surface area contributed by atoms with Crippen LogP contribution in [-0.2, 0) is 14.4 Å². The molecule has 6 atom stereocenters. The van der Waals surface area contributed by atoms with Crippen molar-refractivity contribution in [2.75, 3.05) is 13.2 Å². The third-order valence-corrected chi connectivity index (χ3v) is 5.49. The van der Waals surface area contributed by atoms with E-state index in [0.29, 0.717) is 13.2 Å². The number of rotatable bonds is 5. The van der Waals surface area contributed by atoms with E-state index in [9.17, 15) is 10.4 Å². The van der Waals surface area contributed by atoms with E-state index in [1.165, 1.54) is 0 Å². The minimum atomic E-state index is -0.827. The molecule has 21 heavy (non-hydrogen) atoms. The van der Waals surface area contributed by atoms with Crippen LogP contribution in [0.5, 0.6) is 0 Å². The number of ether oxygens (including phenoxy) is 2. The number of hydrogen-bond donors (Lipinski definition) is 2. The second-order valence-corrected chi connectivity index (χ2v) is 6.68. The Kier molecular flexibility index (Phi) is 6.03. The summed E-state index contributed by atoms with van der Waals surface area (Å²) in [6.45, 7) is 6.78. The van der Waals surface area contributed by atoms with Crippen molar-refractivity contribution in [3.05, 3.63) is 0 Å². The molecule has 0 aromatic heterocycles. The van der Waals surface area contributed by atoms with E-state index in [-0.39, 0.29) is 23.9 Å². The number of hydrogen-bond acceptors (Lipinski definition) is 5. The maximum atomic E-state index is 10.2. The zero-order valence-electron chi connectivity index (χ0n) is 13.5. The minimum absolute atomic E-state index is 0.0353. The molecule has 0 aromatic rings. The highest BCUT2D eigenvalue weighted by Gasteiger charge is 2.53. The van der Waals surface area contributed by atoms with E-state index in [2.05, 4.69) is 6.92 Å². The minimum Gasteiger partial charge on any atom is -0.375 e. The maximum Gasteiger partial charge on any atom is 0.157 e. The Balaban J connectivity index is 2.22. The van der Waals surface area contributed by atoms with Crippen LogP contribution in [0.2, 0.25) is 0 Å². The van der Waals surface area contributed by atoms with Gasteiger partial charge in [-0.05, 0) is 45.4 Å². The van der Waals surface area contributed by atoms with Gasteiger partial charge in [-0.15, -0.1) is 0 Å². The lowest BCUT2D eigenvalue weighted by Gasteiger charge is -2.48. The van der Waals surface area contributed by atoms with Crippen LogP contribution in [0.1, 0.15) is 52.9 Å². The van der Waals surface area contributed by atoms with Gasteiger partial charge in [-0.2, -0.15) is 0 Å². The molecule has 1 saturated heterocycles. The fourth-order valence-corrected chi connectivity index (χ4v) is 4.18. The van der Waals surface area contributed by atoms with Gasteiger partial charge in [0.15, 0.2) is 6.29 Å². The topological polar surface area (TPSA) is 68.2 Å². The summed E-state index contributed by atoms with van der Waals surface area (Å²) in [5.41, 5.74) is -0.708. The molecule has 0 aromatic carbocycles. The van der Waals surface area contributed by atoms with Gasteiger partial charge in [0, 0.05) is 18.4 Å². The van der Waals surface area contributed by atoms with Crippen LogP contribution in [0.3, 0.4) is 0 Å². The third-order valence-electron chi connectivity index (χ3n) is 5.49. The third kappa shape index (κ3) is 3.42. The van der Waals surface area contributed by atoms with Crippen LogP contribution in [0.4, 0.5) is 0 Å². The summed E-state index contributed by atoms with van der Waals surface area (Å²) in [5, 5.41) is 19.9. The summed E-state index contributed by atoms with van der Waals surface area (Å²) in [6.07, 6.45) is 4.41. The molecule has 124 valence electrons. The molecular weight excluding hydrogens is 272 g/mol. The molecule has 0 amide bonds. The van der Waals surface area contributed by atoms with Crippen LogP contribution >= 0.6 is 0 Å². The van der Waals surface area contributed by atoms with Crippen LogP contribution in [0.15, 0.2) is 0 Å². The molecule has 1 aliphatic heterocycles. The number of aliphatic hydroxyl groups excluding tert-OH is 1. The molecule has 2 aliphatic rings. The fourth-order valence-electron chi connectivity index (χ4n) is 4.18. The van der Waals surface area contributed by atoms with Gasteiger partial charge in [-0.25, -0.2) is 4.89 Å². The van der Waals surface area contributed by atoms with Crippen LogP contribution < -0.4 is 0 Å². The number of aliphatic hydroxyl groups is 1. The van der Waals surface area contributed by atoms with Crippen molar-refractivity contribution >= 4 is 0 Å². The summed E-state index contributed by atoms with van der Waals surface area (Å²) in [7, 11) is 0. The summed E-state index contributed by atoms with van der Waals surface area (Å²) in [5.74, 6) is 0.215. The summed E-state index contributed by atoms with van der Waals surface area (Å²) >= 11 is 0. The average Bonchev–Trinajstić information content (AvgIpc) is 2.66. The first-order valence-electron chi connectivity index (χ1n) is 8.29. The number of fused-ring (bicyclic) bond motifs is 1. The second-order valence-electron chi connectivity index (χ2n) is 6.68. The highest BCUT2D eigenvalue weighted by atomic mass is 17.1. The molecule has 2 rings (SSSR count). The Morgan fingerprint density at radius 3 is 2.71 bits per heavy atom. The predicted molar refractivity (Wildman–Crippen MR) is 78.7 cm³/mol. The van der Waals surface area contributed by atoms with Gasteiger partial charge >= 0.3 is 0 Å². The average molecular weight is 302 g/mol. The highest BCUT2D eigenvalue weighted by molar-refractivity contribution is 5.00. The first-order chi connectivity index (χ1) is 10.0. The second kappa shape index (κ2) is 7.38. The van der Waals surface area contributed by atoms with Crippen molar-refractivity contribution in [3.8, 4) is 0 Å². The molecule has 5 nitrogen and oxygen atoms in total. The predicted octanol–water partition coefficient (Wildman–Crippen LogP) is 2.82. The quantitative estimate of drug-likeness (QED) is 0.464. The first kappa shape index (κ1) is 17.2. The Bertz CT molecular complexity index is 324. The SMILES string of the molecule is CCOC(O)C(C)C1CCCC2CCC(C)OCC21OO. The fraction of sp³-hybridized carbons (Fsp3) is 1.00. The molecule has 1 aliphatic carbocycles. The molecule has 1 saturated carbocycles. The lowest BCUT2D eigenvalue weighted by Crippen LogP contribution is -2.56. The van der Waals surface area contributed by atoms with Gasteiger partial charge in [-0.1, -0.05) is 13.3 Å². The van der Waals surface area contributed by atoms with Crippen molar-refractivity contribution in [2.24, 2.45) is 17.8 Å². The van der Waals surface area contributed by atoms with E-state index >= 15 is 0 Å². The summed E-state index contributed by atoms with van der Waals surface area (Å²) < 4.78 is 11.2. The van der Waals surface area contributed by atoms with E-state index in [4.69, 9.17) is 14.4 Å². The highest BCUT2D eigenvalue weighted by Crippen LogP contribution is 2.48. The molecular formula is C16H30O5. The lowest BCUT2D eigenvalue weighted by atomic mass is 9.63. The molecule has 2 fully saturated rings. The molecule has 2 N–H and O–H groups in total. The van der Waals surface area contributed by atoms with Gasteiger partial charge in [-0.3, -0.25) is 5.26 Å². The van der Waals surface area contributed by atoms with Crippen molar-refractivity contribution in [2.45, 2.75) is 70.9 Å². The smallest absolute Gasteiger partial charge is 0.157 e. The van der Waals surface area contributed by atoms with Crippen molar-refractivity contribution in [1.82, 2.24) is 0 Å². The Labute approximate surface area is 127 Å². The lowest BCUT2D eigenvalue weighted by molar-refractivity contribution is -0.375. The monoisotopic (exact) mass is 302 g/mol. The normalized spacial score (nSPS) is 40.1. The maximum absolute atomic E-state index is 10.2. The van der Waals surface area contributed by atoms with Gasteiger partial charge in [0.25, 0.3) is 0 Å². The van der Waals surface area contributed by atoms with E-state index in [1.807, 2.05) is 13.8 Å². The van der Waals surface area contributed by atoms with Gasteiger partial charge in [0.2, 0.25) is 0 Å². The summed E-state index contributed by atoms with van der Waals surface area (Å²) in [6, 6.07) is 0. The Hall–Kier alpha value is -0.200. The Morgan fingerprint density at radius 1 is 1.29 bits per heavy atom. The molecule has 0 radical (unpaired) electrons. The van der Waals surface area contributed by atoms with E-state index in [1.54, 1.807) is 0 Å². The van der Waals surface area contributed by atoms with E-state index in [0.717, 1.165) is 32.1 Å². The largest absolute Gasteiger partial charge is 0.375 e. The molecule has 5 heteroatoms. The summed E-state index contributed by atoms with van der Waals surface area (Å²) in [4.78, 5) is 5.08. The first-order valence-corrected chi connectivity index (χ1v) is 8.29. The zero-order chi connectivity index (χ0) is 15.5. The van der Waals surface area contributed by atoms with E-state index < -0.39 is 11.9 Å². The zero-order valence-corrected chi connectivity index (χ0v) is 13.5. The van der Waals surface area contributed by atoms with Crippen molar-refractivity contribution in [3.63, 3.8) is 0 Å². The van der Waals surface area contributed by atoms with Gasteiger partial charge in [0.1, 0.15) is 5.60 Å². The van der Waals surface area contributed by atoms with Gasteiger partial charge < -0.3 is 14.6 Å². The van der Waals surface area contributed by atoms with Gasteiger partial charge in [0.05, 0.1) is 12.7 Å².